The number of rotatable bonds is 50. The minimum absolute atomic E-state index is 0.107. The first-order valence-electron chi connectivity index (χ1n) is 28.4. The molecule has 0 aliphatic rings. The van der Waals surface area contributed by atoms with E-state index in [9.17, 15) is 14.4 Å². The normalized spacial score (nSPS) is 12.9. The predicted octanol–water partition coefficient (Wildman–Crippen LogP) is 19.1. The van der Waals surface area contributed by atoms with E-state index in [2.05, 4.69) is 130 Å². The average Bonchev–Trinajstić information content (AvgIpc) is 3.35. The number of unbranched alkanes of at least 4 members (excludes halogenated alkanes) is 23. The van der Waals surface area contributed by atoms with E-state index < -0.39 is 6.10 Å². The molecule has 0 amide bonds. The van der Waals surface area contributed by atoms with Gasteiger partial charge in [-0.1, -0.05) is 226 Å². The number of carbonyl (C=O) groups is 3. The topological polar surface area (TPSA) is 78.9 Å². The fraction of sp³-hybridized carbons (Fsp3) is 0.667. The number of carbonyl (C=O) groups excluding carboxylic acids is 3. The molecule has 0 saturated heterocycles. The molecule has 0 radical (unpaired) electrons. The van der Waals surface area contributed by atoms with E-state index in [-0.39, 0.29) is 31.1 Å². The van der Waals surface area contributed by atoms with Crippen molar-refractivity contribution in [1.29, 1.82) is 0 Å². The van der Waals surface area contributed by atoms with Gasteiger partial charge in [-0.05, 0) is 116 Å². The van der Waals surface area contributed by atoms with E-state index in [1.807, 2.05) is 0 Å². The monoisotopic (exact) mass is 957 g/mol. The fourth-order valence-corrected chi connectivity index (χ4v) is 7.52. The van der Waals surface area contributed by atoms with Gasteiger partial charge in [0.15, 0.2) is 6.10 Å². The zero-order valence-corrected chi connectivity index (χ0v) is 44.8. The Labute approximate surface area is 425 Å². The molecule has 0 aromatic carbocycles. The molecule has 1 atom stereocenters. The molecule has 6 nitrogen and oxygen atoms in total. The Bertz CT molecular complexity index is 1420. The lowest BCUT2D eigenvalue weighted by atomic mass is 10.1. The van der Waals surface area contributed by atoms with Crippen molar-refractivity contribution in [3.63, 3.8) is 0 Å². The smallest absolute Gasteiger partial charge is 0.306 e. The SMILES string of the molecule is CC/C=C\C/C=C\C/C=C\C/C=C\C/C=C\CCCCCC(=O)OCC(COC(=O)CCCCC/C=C\CCCCCCCCC)OC(=O)CCCCCCC\C=C/C=C\C=C/CCCCCCC. The first kappa shape index (κ1) is 65.1. The van der Waals surface area contributed by atoms with Gasteiger partial charge in [0.1, 0.15) is 13.2 Å². The van der Waals surface area contributed by atoms with Crippen LogP contribution in [-0.4, -0.2) is 37.2 Å². The van der Waals surface area contributed by atoms with Gasteiger partial charge in [0.25, 0.3) is 0 Å². The summed E-state index contributed by atoms with van der Waals surface area (Å²) in [6, 6.07) is 0. The van der Waals surface area contributed by atoms with Gasteiger partial charge in [-0.15, -0.1) is 0 Å². The van der Waals surface area contributed by atoms with Gasteiger partial charge in [0.05, 0.1) is 0 Å². The second-order valence-electron chi connectivity index (χ2n) is 18.5. The second-order valence-corrected chi connectivity index (χ2v) is 18.5. The largest absolute Gasteiger partial charge is 0.462 e. The summed E-state index contributed by atoms with van der Waals surface area (Å²) in [6.45, 7) is 6.45. The van der Waals surface area contributed by atoms with Gasteiger partial charge in [0.2, 0.25) is 0 Å². The fourth-order valence-electron chi connectivity index (χ4n) is 7.52. The average molecular weight is 958 g/mol. The van der Waals surface area contributed by atoms with Gasteiger partial charge < -0.3 is 14.2 Å². The van der Waals surface area contributed by atoms with Crippen molar-refractivity contribution in [1.82, 2.24) is 0 Å². The highest BCUT2D eigenvalue weighted by Gasteiger charge is 2.19. The lowest BCUT2D eigenvalue weighted by Gasteiger charge is -2.18. The van der Waals surface area contributed by atoms with Gasteiger partial charge in [-0.2, -0.15) is 0 Å². The Morgan fingerprint density at radius 1 is 0.319 bits per heavy atom. The maximum atomic E-state index is 12.8. The van der Waals surface area contributed by atoms with E-state index in [1.165, 1.54) is 77.0 Å². The number of allylic oxidation sites excluding steroid dienone is 18. The summed E-state index contributed by atoms with van der Waals surface area (Å²) in [4.78, 5) is 38.1. The van der Waals surface area contributed by atoms with Crippen LogP contribution in [-0.2, 0) is 28.6 Å². The van der Waals surface area contributed by atoms with Crippen molar-refractivity contribution in [2.75, 3.05) is 13.2 Å². The van der Waals surface area contributed by atoms with Crippen LogP contribution in [0.15, 0.2) is 109 Å². The molecule has 392 valence electrons. The summed E-state index contributed by atoms with van der Waals surface area (Å²) in [5.41, 5.74) is 0. The van der Waals surface area contributed by atoms with E-state index in [1.54, 1.807) is 0 Å². The van der Waals surface area contributed by atoms with Gasteiger partial charge in [-0.3, -0.25) is 14.4 Å². The first-order valence-corrected chi connectivity index (χ1v) is 28.4. The Morgan fingerprint density at radius 2 is 0.623 bits per heavy atom. The second kappa shape index (κ2) is 56.7. The standard InChI is InChI=1S/C63H104O6/c1-4-7-10-13-16-19-22-25-28-30-32-34-35-38-41-44-47-50-53-56-62(65)68-59-60(58-67-61(64)55-52-49-46-43-40-37-27-24-21-18-15-12-9-6-3)69-63(66)57-54-51-48-45-42-39-36-33-31-29-26-23-20-17-14-11-8-5-2/h7,10,16,19,23,25-26,28-29,31-34,36-38,40-41,60H,4-6,8-9,11-15,17-18,20-22,24,27,30,35,39,42-59H2,1-3H3/b10-7-,19-16-,26-23-,28-25-,31-29-,34-32-,36-33-,40-37-,41-38-. The molecule has 0 rings (SSSR count). The molecule has 0 bridgehead atoms. The molecule has 0 fully saturated rings. The summed E-state index contributed by atoms with van der Waals surface area (Å²) in [5, 5.41) is 0. The zero-order valence-electron chi connectivity index (χ0n) is 44.8. The molecule has 0 heterocycles. The summed E-state index contributed by atoms with van der Waals surface area (Å²) in [7, 11) is 0. The van der Waals surface area contributed by atoms with Crippen LogP contribution >= 0.6 is 0 Å². The van der Waals surface area contributed by atoms with Crippen LogP contribution in [0.2, 0.25) is 0 Å². The number of esters is 3. The van der Waals surface area contributed by atoms with E-state index in [0.717, 1.165) is 135 Å². The Kier molecular flexibility index (Phi) is 53.4. The minimum Gasteiger partial charge on any atom is -0.462 e. The molecule has 0 spiro atoms. The number of hydrogen-bond donors (Lipinski definition) is 0. The lowest BCUT2D eigenvalue weighted by Crippen LogP contribution is -2.30. The molecule has 0 aliphatic heterocycles. The Hall–Kier alpha value is -3.93. The molecule has 1 unspecified atom stereocenters. The zero-order chi connectivity index (χ0) is 50.0. The Morgan fingerprint density at radius 3 is 1.03 bits per heavy atom. The lowest BCUT2D eigenvalue weighted by molar-refractivity contribution is -0.167. The van der Waals surface area contributed by atoms with Crippen molar-refractivity contribution in [3.05, 3.63) is 109 Å². The molecular formula is C63H104O6. The van der Waals surface area contributed by atoms with Crippen molar-refractivity contribution in [2.24, 2.45) is 0 Å². The van der Waals surface area contributed by atoms with Gasteiger partial charge in [-0.25, -0.2) is 0 Å². The number of ether oxygens (including phenoxy) is 3. The van der Waals surface area contributed by atoms with Crippen LogP contribution in [0.4, 0.5) is 0 Å². The Balaban J connectivity index is 4.52. The predicted molar refractivity (Wildman–Crippen MR) is 297 cm³/mol. The molecule has 0 aliphatic carbocycles. The third kappa shape index (κ3) is 54.9. The third-order valence-corrected chi connectivity index (χ3v) is 11.8. The molecule has 0 saturated carbocycles. The molecular weight excluding hydrogens is 853 g/mol. The first-order chi connectivity index (χ1) is 34.0. The van der Waals surface area contributed by atoms with Crippen molar-refractivity contribution >= 4 is 17.9 Å². The third-order valence-electron chi connectivity index (χ3n) is 11.8. The molecule has 69 heavy (non-hydrogen) atoms. The van der Waals surface area contributed by atoms with E-state index in [0.29, 0.717) is 19.3 Å². The minimum atomic E-state index is -0.811. The highest BCUT2D eigenvalue weighted by atomic mass is 16.6. The van der Waals surface area contributed by atoms with Crippen LogP contribution < -0.4 is 0 Å². The van der Waals surface area contributed by atoms with E-state index in [4.69, 9.17) is 14.2 Å². The van der Waals surface area contributed by atoms with Crippen molar-refractivity contribution in [2.45, 2.75) is 258 Å². The molecule has 0 N–H and O–H groups in total. The van der Waals surface area contributed by atoms with E-state index >= 15 is 0 Å². The summed E-state index contributed by atoms with van der Waals surface area (Å²) in [5.74, 6) is -0.974. The molecule has 6 heteroatoms. The summed E-state index contributed by atoms with van der Waals surface area (Å²) >= 11 is 0. The van der Waals surface area contributed by atoms with Crippen molar-refractivity contribution < 1.29 is 28.6 Å². The summed E-state index contributed by atoms with van der Waals surface area (Å²) in [6.07, 6.45) is 76.4. The maximum absolute atomic E-state index is 12.8. The molecule has 0 aromatic rings. The van der Waals surface area contributed by atoms with Crippen LogP contribution in [0.3, 0.4) is 0 Å². The van der Waals surface area contributed by atoms with Crippen LogP contribution in [0.5, 0.6) is 0 Å². The van der Waals surface area contributed by atoms with Crippen molar-refractivity contribution in [3.8, 4) is 0 Å². The van der Waals surface area contributed by atoms with Crippen LogP contribution in [0, 0.1) is 0 Å². The van der Waals surface area contributed by atoms with Gasteiger partial charge in [0, 0.05) is 19.3 Å². The van der Waals surface area contributed by atoms with Crippen LogP contribution in [0.25, 0.3) is 0 Å². The highest BCUT2D eigenvalue weighted by molar-refractivity contribution is 5.71. The van der Waals surface area contributed by atoms with Gasteiger partial charge >= 0.3 is 17.9 Å². The highest BCUT2D eigenvalue weighted by Crippen LogP contribution is 2.13. The quantitative estimate of drug-likeness (QED) is 0.0199. The molecule has 0 aromatic heterocycles. The summed E-state index contributed by atoms with van der Waals surface area (Å²) < 4.78 is 16.8. The van der Waals surface area contributed by atoms with Crippen LogP contribution in [0.1, 0.15) is 252 Å². The maximum Gasteiger partial charge on any atom is 0.306 e. The number of hydrogen-bond acceptors (Lipinski definition) is 6.